The van der Waals surface area contributed by atoms with E-state index < -0.39 is 5.54 Å². The number of nitrogens with zero attached hydrogens (tertiary/aromatic N) is 2. The van der Waals surface area contributed by atoms with Crippen LogP contribution in [0.4, 0.5) is 4.79 Å². The van der Waals surface area contributed by atoms with Gasteiger partial charge in [0.2, 0.25) is 0 Å². The van der Waals surface area contributed by atoms with Gasteiger partial charge < -0.3 is 19.5 Å². The van der Waals surface area contributed by atoms with Crippen molar-refractivity contribution in [1.29, 1.82) is 0 Å². The van der Waals surface area contributed by atoms with E-state index in [4.69, 9.17) is 14.2 Å². The maximum Gasteiger partial charge on any atom is 0.325 e. The zero-order chi connectivity index (χ0) is 23.4. The van der Waals surface area contributed by atoms with Gasteiger partial charge in [0.15, 0.2) is 0 Å². The molecule has 1 aromatic rings. The molecular formula is C25H37N3O5. The van der Waals surface area contributed by atoms with Crippen molar-refractivity contribution >= 4 is 11.9 Å². The Kier molecular flexibility index (Phi) is 7.44. The number of urea groups is 1. The molecule has 3 aliphatic heterocycles. The lowest BCUT2D eigenvalue weighted by Crippen LogP contribution is -2.56. The zero-order valence-corrected chi connectivity index (χ0v) is 20.1. The third-order valence-electron chi connectivity index (χ3n) is 7.43. The molecule has 0 aromatic heterocycles. The van der Waals surface area contributed by atoms with E-state index in [-0.39, 0.29) is 24.0 Å². The number of likely N-dealkylation sites (tertiary alicyclic amines) is 1. The number of carbonyl (C=O) groups is 2. The molecule has 0 spiro atoms. The van der Waals surface area contributed by atoms with Crippen LogP contribution in [0.1, 0.15) is 51.0 Å². The minimum atomic E-state index is -0.783. The van der Waals surface area contributed by atoms with Crippen molar-refractivity contribution in [1.82, 2.24) is 15.1 Å². The van der Waals surface area contributed by atoms with Crippen molar-refractivity contribution in [3.8, 4) is 11.5 Å². The molecule has 0 aliphatic carbocycles. The van der Waals surface area contributed by atoms with Gasteiger partial charge in [0, 0.05) is 24.8 Å². The third kappa shape index (κ3) is 4.82. The highest BCUT2D eigenvalue weighted by molar-refractivity contribution is 6.07. The number of amides is 3. The Balaban J connectivity index is 1.41. The first kappa shape index (κ1) is 23.8. The second kappa shape index (κ2) is 10.3. The van der Waals surface area contributed by atoms with Crippen molar-refractivity contribution in [2.45, 2.75) is 63.6 Å². The molecule has 3 fully saturated rings. The van der Waals surface area contributed by atoms with E-state index in [9.17, 15) is 9.59 Å². The molecule has 182 valence electrons. The lowest BCUT2D eigenvalue weighted by molar-refractivity contribution is -0.135. The molecule has 4 rings (SSSR count). The van der Waals surface area contributed by atoms with Crippen LogP contribution in [-0.2, 0) is 16.1 Å². The molecule has 0 saturated carbocycles. The first-order chi connectivity index (χ1) is 16.0. The highest BCUT2D eigenvalue weighted by atomic mass is 16.5. The van der Waals surface area contributed by atoms with Gasteiger partial charge >= 0.3 is 6.03 Å². The number of hydrogen-bond acceptors (Lipinski definition) is 6. The fourth-order valence-electron chi connectivity index (χ4n) is 5.65. The Labute approximate surface area is 196 Å². The predicted molar refractivity (Wildman–Crippen MR) is 124 cm³/mol. The number of nitrogens with one attached hydrogen (secondary N) is 1. The summed E-state index contributed by atoms with van der Waals surface area (Å²) >= 11 is 0. The van der Waals surface area contributed by atoms with Crippen molar-refractivity contribution < 1.29 is 23.8 Å². The van der Waals surface area contributed by atoms with Crippen LogP contribution in [0.3, 0.4) is 0 Å². The zero-order valence-electron chi connectivity index (χ0n) is 20.1. The van der Waals surface area contributed by atoms with Crippen molar-refractivity contribution in [3.05, 3.63) is 23.8 Å². The second-order valence-corrected chi connectivity index (χ2v) is 9.43. The third-order valence-corrected chi connectivity index (χ3v) is 7.43. The van der Waals surface area contributed by atoms with E-state index >= 15 is 0 Å². The van der Waals surface area contributed by atoms with E-state index in [2.05, 4.69) is 17.1 Å². The van der Waals surface area contributed by atoms with E-state index in [0.717, 1.165) is 68.8 Å². The largest absolute Gasteiger partial charge is 0.497 e. The lowest BCUT2D eigenvalue weighted by atomic mass is 9.74. The van der Waals surface area contributed by atoms with Gasteiger partial charge in [-0.2, -0.15) is 0 Å². The molecular weight excluding hydrogens is 422 g/mol. The summed E-state index contributed by atoms with van der Waals surface area (Å²) in [5, 5.41) is 3.14. The van der Waals surface area contributed by atoms with Gasteiger partial charge in [-0.05, 0) is 57.2 Å². The van der Waals surface area contributed by atoms with Crippen LogP contribution < -0.4 is 14.8 Å². The number of ether oxygens (including phenoxy) is 3. The number of hydrogen-bond donors (Lipinski definition) is 1. The summed E-state index contributed by atoms with van der Waals surface area (Å²) < 4.78 is 16.6. The number of carbonyl (C=O) groups excluding carboxylic acids is 2. The average molecular weight is 460 g/mol. The molecule has 0 bridgehead atoms. The Hall–Kier alpha value is -2.32. The monoisotopic (exact) mass is 459 g/mol. The molecule has 3 aliphatic rings. The molecule has 2 atom stereocenters. The molecule has 8 heteroatoms. The lowest BCUT2D eigenvalue weighted by Gasteiger charge is -2.41. The minimum Gasteiger partial charge on any atom is -0.497 e. The summed E-state index contributed by atoms with van der Waals surface area (Å²) in [6, 6.07) is 5.66. The summed E-state index contributed by atoms with van der Waals surface area (Å²) in [6.45, 7) is 5.69. The molecule has 33 heavy (non-hydrogen) atoms. The van der Waals surface area contributed by atoms with Crippen LogP contribution in [0.25, 0.3) is 0 Å². The van der Waals surface area contributed by atoms with E-state index in [0.29, 0.717) is 19.6 Å². The highest BCUT2D eigenvalue weighted by Crippen LogP contribution is 2.38. The molecule has 1 N–H and O–H groups in total. The predicted octanol–water partition coefficient (Wildman–Crippen LogP) is 3.19. The quantitative estimate of drug-likeness (QED) is 0.572. The van der Waals surface area contributed by atoms with Gasteiger partial charge in [0.1, 0.15) is 17.0 Å². The van der Waals surface area contributed by atoms with Crippen molar-refractivity contribution in [3.63, 3.8) is 0 Å². The summed E-state index contributed by atoms with van der Waals surface area (Å²) in [7, 11) is 3.33. The van der Waals surface area contributed by atoms with Gasteiger partial charge in [-0.1, -0.05) is 19.4 Å². The molecule has 1 aromatic carbocycles. The van der Waals surface area contributed by atoms with Crippen LogP contribution in [0.15, 0.2) is 18.2 Å². The SMILES string of the molecule is CCC[C@@]1(C2CCN(Cc3ccc(OC)cc3OC)CC2)NC(=O)N(C[C@@H]2CCCO2)C1=O. The first-order valence-corrected chi connectivity index (χ1v) is 12.2. The maximum atomic E-state index is 13.6. The number of methoxy groups -OCH3 is 2. The van der Waals surface area contributed by atoms with Gasteiger partial charge in [-0.3, -0.25) is 14.6 Å². The first-order valence-electron chi connectivity index (χ1n) is 12.2. The van der Waals surface area contributed by atoms with Crippen LogP contribution in [-0.4, -0.2) is 73.8 Å². The van der Waals surface area contributed by atoms with Crippen molar-refractivity contribution in [2.24, 2.45) is 5.92 Å². The molecule has 3 saturated heterocycles. The molecule has 8 nitrogen and oxygen atoms in total. The van der Waals surface area contributed by atoms with Gasteiger partial charge in [0.05, 0.1) is 26.9 Å². The van der Waals surface area contributed by atoms with Crippen molar-refractivity contribution in [2.75, 3.05) is 40.5 Å². The summed E-state index contributed by atoms with van der Waals surface area (Å²) in [6.07, 6.45) is 5.14. The maximum absolute atomic E-state index is 13.6. The van der Waals surface area contributed by atoms with E-state index in [1.165, 1.54) is 4.90 Å². The summed E-state index contributed by atoms with van der Waals surface area (Å²) in [4.78, 5) is 30.2. The minimum absolute atomic E-state index is 0.0292. The molecule has 3 amide bonds. The average Bonchev–Trinajstić information content (AvgIpc) is 3.43. The van der Waals surface area contributed by atoms with Gasteiger partial charge in [-0.15, -0.1) is 0 Å². The van der Waals surface area contributed by atoms with Crippen LogP contribution in [0, 0.1) is 5.92 Å². The Morgan fingerprint density at radius 3 is 2.58 bits per heavy atom. The number of imide groups is 1. The molecule has 0 radical (unpaired) electrons. The number of rotatable bonds is 9. The summed E-state index contributed by atoms with van der Waals surface area (Å²) in [5.74, 6) is 1.68. The normalized spacial score (nSPS) is 26.6. The topological polar surface area (TPSA) is 80.3 Å². The Morgan fingerprint density at radius 1 is 1.15 bits per heavy atom. The molecule has 3 heterocycles. The fourth-order valence-corrected chi connectivity index (χ4v) is 5.65. The number of piperidine rings is 1. The van der Waals surface area contributed by atoms with E-state index in [1.807, 2.05) is 18.2 Å². The standard InChI is InChI=1S/C25H37N3O5/c1-4-11-25(23(29)28(24(30)26-25)17-21-6-5-14-33-21)19-9-12-27(13-10-19)16-18-7-8-20(31-2)15-22(18)32-3/h7-8,15,19,21H,4-6,9-14,16-17H2,1-3H3,(H,26,30)/t21-,25-/m0/s1. The van der Waals surface area contributed by atoms with E-state index in [1.54, 1.807) is 14.2 Å². The second-order valence-electron chi connectivity index (χ2n) is 9.43. The van der Waals surface area contributed by atoms with Gasteiger partial charge in [-0.25, -0.2) is 4.79 Å². The van der Waals surface area contributed by atoms with Crippen LogP contribution >= 0.6 is 0 Å². The molecule has 0 unspecified atom stereocenters. The van der Waals surface area contributed by atoms with Crippen LogP contribution in [0.2, 0.25) is 0 Å². The smallest absolute Gasteiger partial charge is 0.325 e. The fraction of sp³-hybridized carbons (Fsp3) is 0.680. The van der Waals surface area contributed by atoms with Crippen LogP contribution in [0.5, 0.6) is 11.5 Å². The highest BCUT2D eigenvalue weighted by Gasteiger charge is 2.55. The Bertz CT molecular complexity index is 848. The summed E-state index contributed by atoms with van der Waals surface area (Å²) in [5.41, 5.74) is 0.335. The Morgan fingerprint density at radius 2 is 1.94 bits per heavy atom. The van der Waals surface area contributed by atoms with Gasteiger partial charge in [0.25, 0.3) is 5.91 Å². The number of benzene rings is 1.